The quantitative estimate of drug-likeness (QED) is 0.574. The van der Waals surface area contributed by atoms with E-state index in [0.717, 1.165) is 5.56 Å². The number of nitrogens with one attached hydrogen (secondary N) is 1. The van der Waals surface area contributed by atoms with Crippen LogP contribution in [0, 0.1) is 11.3 Å². The molecule has 0 aliphatic heterocycles. The molecule has 2 rings (SSSR count). The standard InChI is InChI=1S/C9H9N5/c10-4-3-5-1-2-6(11)8-7(5)13-9(12)14-8/h1-2H,3,11H2,(H3,12,13,14). The van der Waals surface area contributed by atoms with Crippen LogP contribution in [0.25, 0.3) is 11.0 Å². The number of hydrogen-bond acceptors (Lipinski definition) is 4. The maximum absolute atomic E-state index is 8.60. The number of H-pyrrole nitrogens is 1. The maximum Gasteiger partial charge on any atom is 0.198 e. The predicted molar refractivity (Wildman–Crippen MR) is 54.2 cm³/mol. The van der Waals surface area contributed by atoms with E-state index < -0.39 is 0 Å². The molecule has 1 heterocycles. The number of fused-ring (bicyclic) bond motifs is 1. The Kier molecular flexibility index (Phi) is 1.75. The van der Waals surface area contributed by atoms with E-state index in [2.05, 4.69) is 16.0 Å². The number of aromatic amines is 1. The summed E-state index contributed by atoms with van der Waals surface area (Å²) in [7, 11) is 0. The van der Waals surface area contributed by atoms with E-state index in [1.165, 1.54) is 0 Å². The first-order chi connectivity index (χ1) is 6.72. The molecule has 0 unspecified atom stereocenters. The van der Waals surface area contributed by atoms with Crippen molar-refractivity contribution in [2.45, 2.75) is 6.42 Å². The number of hydrogen-bond donors (Lipinski definition) is 3. The summed E-state index contributed by atoms with van der Waals surface area (Å²) in [4.78, 5) is 6.94. The lowest BCUT2D eigenvalue weighted by molar-refractivity contribution is 1.27. The van der Waals surface area contributed by atoms with Crippen LogP contribution in [-0.4, -0.2) is 9.97 Å². The van der Waals surface area contributed by atoms with Gasteiger partial charge in [0.1, 0.15) is 0 Å². The van der Waals surface area contributed by atoms with Gasteiger partial charge >= 0.3 is 0 Å². The average molecular weight is 187 g/mol. The minimum Gasteiger partial charge on any atom is -0.397 e. The van der Waals surface area contributed by atoms with E-state index in [9.17, 15) is 0 Å². The third kappa shape index (κ3) is 1.13. The number of anilines is 2. The van der Waals surface area contributed by atoms with Crippen LogP contribution in [0.15, 0.2) is 12.1 Å². The maximum atomic E-state index is 8.60. The number of benzene rings is 1. The Bertz CT molecular complexity index is 520. The summed E-state index contributed by atoms with van der Waals surface area (Å²) in [5.41, 5.74) is 14.1. The van der Waals surface area contributed by atoms with Gasteiger partial charge in [0.05, 0.1) is 29.2 Å². The highest BCUT2D eigenvalue weighted by Crippen LogP contribution is 2.23. The van der Waals surface area contributed by atoms with Crippen molar-refractivity contribution in [2.75, 3.05) is 11.5 Å². The van der Waals surface area contributed by atoms with Gasteiger partial charge in [-0.3, -0.25) is 0 Å². The molecular weight excluding hydrogens is 178 g/mol. The highest BCUT2D eigenvalue weighted by molar-refractivity contribution is 5.90. The topological polar surface area (TPSA) is 105 Å². The van der Waals surface area contributed by atoms with Crippen molar-refractivity contribution in [1.29, 1.82) is 5.26 Å². The molecule has 70 valence electrons. The predicted octanol–water partition coefficient (Wildman–Crippen LogP) is 0.793. The molecule has 1 aromatic heterocycles. The zero-order valence-electron chi connectivity index (χ0n) is 7.41. The molecule has 2 aromatic rings. The Labute approximate surface area is 80.3 Å². The molecule has 0 saturated carbocycles. The first-order valence-corrected chi connectivity index (χ1v) is 4.12. The summed E-state index contributed by atoms with van der Waals surface area (Å²) in [6, 6.07) is 5.60. The zero-order valence-corrected chi connectivity index (χ0v) is 7.41. The monoisotopic (exact) mass is 187 g/mol. The van der Waals surface area contributed by atoms with Crippen LogP contribution in [0.4, 0.5) is 11.6 Å². The van der Waals surface area contributed by atoms with Gasteiger partial charge in [-0.1, -0.05) is 6.07 Å². The third-order valence-corrected chi connectivity index (χ3v) is 2.05. The SMILES string of the molecule is N#CCc1ccc(N)c2[nH]c(N)nc12. The van der Waals surface area contributed by atoms with Crippen molar-refractivity contribution in [3.63, 3.8) is 0 Å². The third-order valence-electron chi connectivity index (χ3n) is 2.05. The second kappa shape index (κ2) is 2.92. The first kappa shape index (κ1) is 8.38. The van der Waals surface area contributed by atoms with Gasteiger partial charge in [-0.05, 0) is 11.6 Å². The summed E-state index contributed by atoms with van der Waals surface area (Å²) in [6.07, 6.45) is 0.307. The highest BCUT2D eigenvalue weighted by atomic mass is 15.0. The van der Waals surface area contributed by atoms with Crippen LogP contribution in [0.5, 0.6) is 0 Å². The number of aromatic nitrogens is 2. The molecule has 0 fully saturated rings. The first-order valence-electron chi connectivity index (χ1n) is 4.12. The highest BCUT2D eigenvalue weighted by Gasteiger charge is 2.08. The van der Waals surface area contributed by atoms with Crippen molar-refractivity contribution >= 4 is 22.7 Å². The fourth-order valence-corrected chi connectivity index (χ4v) is 1.41. The number of rotatable bonds is 1. The molecular formula is C9H9N5. The summed E-state index contributed by atoms with van der Waals surface area (Å²) >= 11 is 0. The molecule has 5 heteroatoms. The Morgan fingerprint density at radius 2 is 2.21 bits per heavy atom. The fraction of sp³-hybridized carbons (Fsp3) is 0.111. The van der Waals surface area contributed by atoms with Crippen molar-refractivity contribution < 1.29 is 0 Å². The number of nitrogens with two attached hydrogens (primary N) is 2. The van der Waals surface area contributed by atoms with E-state index in [1.807, 2.05) is 0 Å². The van der Waals surface area contributed by atoms with Gasteiger partial charge in [0.25, 0.3) is 0 Å². The van der Waals surface area contributed by atoms with Gasteiger partial charge in [0.15, 0.2) is 5.95 Å². The smallest absolute Gasteiger partial charge is 0.198 e. The Morgan fingerprint density at radius 3 is 2.93 bits per heavy atom. The largest absolute Gasteiger partial charge is 0.397 e. The normalized spacial score (nSPS) is 10.2. The number of imidazole rings is 1. The van der Waals surface area contributed by atoms with Gasteiger partial charge in [-0.25, -0.2) is 4.98 Å². The van der Waals surface area contributed by atoms with Gasteiger partial charge in [-0.2, -0.15) is 5.26 Å². The second-order valence-electron chi connectivity index (χ2n) is 2.99. The summed E-state index contributed by atoms with van der Waals surface area (Å²) < 4.78 is 0. The van der Waals surface area contributed by atoms with E-state index in [0.29, 0.717) is 29.1 Å². The summed E-state index contributed by atoms with van der Waals surface area (Å²) in [5, 5.41) is 8.60. The number of nitriles is 1. The summed E-state index contributed by atoms with van der Waals surface area (Å²) in [6.45, 7) is 0. The minimum absolute atomic E-state index is 0.307. The lowest BCUT2D eigenvalue weighted by Gasteiger charge is -1.98. The molecule has 1 aromatic carbocycles. The molecule has 0 radical (unpaired) electrons. The lowest BCUT2D eigenvalue weighted by Crippen LogP contribution is -1.90. The van der Waals surface area contributed by atoms with Crippen LogP contribution >= 0.6 is 0 Å². The van der Waals surface area contributed by atoms with E-state index in [4.69, 9.17) is 16.7 Å². The van der Waals surface area contributed by atoms with Gasteiger partial charge in [0, 0.05) is 0 Å². The lowest BCUT2D eigenvalue weighted by atomic mass is 10.1. The van der Waals surface area contributed by atoms with Crippen molar-refractivity contribution in [1.82, 2.24) is 9.97 Å². The molecule has 0 bridgehead atoms. The molecule has 5 nitrogen and oxygen atoms in total. The van der Waals surface area contributed by atoms with Gasteiger partial charge in [-0.15, -0.1) is 0 Å². The van der Waals surface area contributed by atoms with Gasteiger partial charge < -0.3 is 16.5 Å². The van der Waals surface area contributed by atoms with Crippen LogP contribution in [0.2, 0.25) is 0 Å². The molecule has 0 atom stereocenters. The van der Waals surface area contributed by atoms with Crippen molar-refractivity contribution in [3.05, 3.63) is 17.7 Å². The van der Waals surface area contributed by atoms with E-state index in [1.54, 1.807) is 12.1 Å². The molecule has 14 heavy (non-hydrogen) atoms. The molecule has 5 N–H and O–H groups in total. The number of nitrogens with zero attached hydrogens (tertiary/aromatic N) is 2. The molecule has 0 aliphatic rings. The number of nitrogen functional groups attached to an aromatic ring is 2. The van der Waals surface area contributed by atoms with Crippen LogP contribution in [0.3, 0.4) is 0 Å². The minimum atomic E-state index is 0.307. The van der Waals surface area contributed by atoms with Crippen LogP contribution in [0.1, 0.15) is 5.56 Å². The molecule has 0 spiro atoms. The van der Waals surface area contributed by atoms with E-state index in [-0.39, 0.29) is 0 Å². The van der Waals surface area contributed by atoms with Crippen molar-refractivity contribution in [2.24, 2.45) is 0 Å². The van der Waals surface area contributed by atoms with Crippen molar-refractivity contribution in [3.8, 4) is 6.07 Å². The molecule has 0 aliphatic carbocycles. The second-order valence-corrected chi connectivity index (χ2v) is 2.99. The Morgan fingerprint density at radius 1 is 1.43 bits per heavy atom. The summed E-state index contributed by atoms with van der Waals surface area (Å²) in [5.74, 6) is 0.317. The molecule has 0 amide bonds. The van der Waals surface area contributed by atoms with Crippen LogP contribution in [-0.2, 0) is 6.42 Å². The zero-order chi connectivity index (χ0) is 10.1. The van der Waals surface area contributed by atoms with E-state index >= 15 is 0 Å². The van der Waals surface area contributed by atoms with Gasteiger partial charge in [0.2, 0.25) is 0 Å². The average Bonchev–Trinajstić information content (AvgIpc) is 2.53. The fourth-order valence-electron chi connectivity index (χ4n) is 1.41. The van der Waals surface area contributed by atoms with Crippen LogP contribution < -0.4 is 11.5 Å². The Hall–Kier alpha value is -2.22. The Balaban J connectivity index is 2.75. The molecule has 0 saturated heterocycles.